The summed E-state index contributed by atoms with van der Waals surface area (Å²) < 4.78 is 0. The molecule has 0 radical (unpaired) electrons. The highest BCUT2D eigenvalue weighted by atomic mass is 32.2. The van der Waals surface area contributed by atoms with Crippen molar-refractivity contribution < 1.29 is 0 Å². The Bertz CT molecular complexity index is 844. The quantitative estimate of drug-likeness (QED) is 0.503. The summed E-state index contributed by atoms with van der Waals surface area (Å²) in [7, 11) is 0. The van der Waals surface area contributed by atoms with Gasteiger partial charge in [-0.2, -0.15) is 0 Å². The molecule has 0 spiro atoms. The molecule has 2 fully saturated rings. The summed E-state index contributed by atoms with van der Waals surface area (Å²) in [6, 6.07) is 6.81. The van der Waals surface area contributed by atoms with E-state index in [1.807, 2.05) is 0 Å². The number of anilines is 1. The highest BCUT2D eigenvalue weighted by Gasteiger charge is 2.36. The van der Waals surface area contributed by atoms with Gasteiger partial charge in [-0.25, -0.2) is 0 Å². The first kappa shape index (κ1) is 21.5. The molecule has 162 valence electrons. The monoisotopic (exact) mass is 423 g/mol. The molecule has 0 saturated carbocycles. The molecule has 1 aromatic carbocycles. The van der Waals surface area contributed by atoms with Gasteiger partial charge in [-0.15, -0.1) is 11.8 Å². The Morgan fingerprint density at radius 1 is 1.03 bits per heavy atom. The van der Waals surface area contributed by atoms with Crippen LogP contribution in [0.3, 0.4) is 0 Å². The zero-order valence-corrected chi connectivity index (χ0v) is 20.0. The molecule has 2 saturated heterocycles. The van der Waals surface area contributed by atoms with Crippen LogP contribution in [-0.2, 0) is 0 Å². The smallest absolute Gasteiger partial charge is 0.0770 e. The molecule has 4 rings (SSSR count). The van der Waals surface area contributed by atoms with Crippen LogP contribution in [0.25, 0.3) is 0 Å². The predicted molar refractivity (Wildman–Crippen MR) is 132 cm³/mol. The summed E-state index contributed by atoms with van der Waals surface area (Å²) in [5.74, 6) is 0.715. The highest BCUT2D eigenvalue weighted by molar-refractivity contribution is 7.98. The van der Waals surface area contributed by atoms with E-state index in [2.05, 4.69) is 73.3 Å². The molecule has 2 aliphatic heterocycles. The Labute approximate surface area is 187 Å². The van der Waals surface area contributed by atoms with Crippen molar-refractivity contribution in [3.05, 3.63) is 42.1 Å². The molecule has 1 aliphatic carbocycles. The largest absolute Gasteiger partial charge is 0.372 e. The minimum Gasteiger partial charge on any atom is -0.372 e. The van der Waals surface area contributed by atoms with Crippen LogP contribution < -0.4 is 4.90 Å². The Hall–Kier alpha value is -1.68. The topological polar surface area (TPSA) is 18.8 Å². The number of allylic oxidation sites excluding steroid dienone is 3. The predicted octanol–water partition coefficient (Wildman–Crippen LogP) is 6.68. The molecule has 1 aromatic rings. The van der Waals surface area contributed by atoms with Crippen molar-refractivity contribution in [2.45, 2.75) is 57.8 Å². The van der Waals surface area contributed by atoms with Crippen LogP contribution in [0.2, 0.25) is 0 Å². The van der Waals surface area contributed by atoms with Crippen molar-refractivity contribution >= 4 is 28.8 Å². The average Bonchev–Trinajstić information content (AvgIpc) is 2.92. The zero-order chi connectivity index (χ0) is 21.1. The number of hydrogen-bond donors (Lipinski definition) is 0. The number of hydrogen-bond acceptors (Lipinski definition) is 4. The van der Waals surface area contributed by atoms with E-state index in [0.717, 1.165) is 30.9 Å². The lowest BCUT2D eigenvalue weighted by Crippen LogP contribution is -2.24. The van der Waals surface area contributed by atoms with Crippen molar-refractivity contribution in [2.75, 3.05) is 37.3 Å². The van der Waals surface area contributed by atoms with Crippen LogP contribution in [0.4, 0.5) is 11.4 Å². The minimum atomic E-state index is 0.378. The van der Waals surface area contributed by atoms with Gasteiger partial charge < -0.3 is 9.80 Å². The van der Waals surface area contributed by atoms with Crippen LogP contribution in [0.15, 0.2) is 52.0 Å². The third-order valence-corrected chi connectivity index (χ3v) is 7.92. The third-order valence-electron chi connectivity index (χ3n) is 7.16. The lowest BCUT2D eigenvalue weighted by atomic mass is 9.84. The molecular weight excluding hydrogens is 386 g/mol. The lowest BCUT2D eigenvalue weighted by molar-refractivity contribution is 0.312. The molecule has 1 unspecified atom stereocenters. The zero-order valence-electron chi connectivity index (χ0n) is 19.2. The molecule has 30 heavy (non-hydrogen) atoms. The molecule has 3 aliphatic rings. The van der Waals surface area contributed by atoms with Gasteiger partial charge in [0.25, 0.3) is 0 Å². The first-order valence-electron chi connectivity index (χ1n) is 11.6. The van der Waals surface area contributed by atoms with Crippen molar-refractivity contribution in [1.82, 2.24) is 4.90 Å². The van der Waals surface area contributed by atoms with Crippen molar-refractivity contribution in [1.29, 1.82) is 0 Å². The fourth-order valence-corrected chi connectivity index (χ4v) is 5.33. The van der Waals surface area contributed by atoms with Crippen molar-refractivity contribution in [3.8, 4) is 0 Å². The van der Waals surface area contributed by atoms with E-state index in [1.54, 1.807) is 11.8 Å². The fourth-order valence-electron chi connectivity index (χ4n) is 4.77. The van der Waals surface area contributed by atoms with Crippen LogP contribution >= 0.6 is 11.8 Å². The van der Waals surface area contributed by atoms with E-state index < -0.39 is 0 Å². The molecule has 1 atom stereocenters. The summed E-state index contributed by atoms with van der Waals surface area (Å²) >= 11 is 1.80. The Kier molecular flexibility index (Phi) is 6.62. The maximum absolute atomic E-state index is 5.03. The summed E-state index contributed by atoms with van der Waals surface area (Å²) in [5, 5.41) is 0. The summed E-state index contributed by atoms with van der Waals surface area (Å²) in [5.41, 5.74) is 5.37. The molecule has 0 aromatic heterocycles. The van der Waals surface area contributed by atoms with Gasteiger partial charge in [0.05, 0.1) is 5.69 Å². The lowest BCUT2D eigenvalue weighted by Gasteiger charge is -2.25. The molecule has 0 bridgehead atoms. The van der Waals surface area contributed by atoms with Crippen LogP contribution in [0, 0.1) is 11.3 Å². The normalized spacial score (nSPS) is 25.5. The third kappa shape index (κ3) is 4.80. The maximum Gasteiger partial charge on any atom is 0.0770 e. The van der Waals surface area contributed by atoms with Gasteiger partial charge in [-0.3, -0.25) is 4.99 Å². The van der Waals surface area contributed by atoms with E-state index in [4.69, 9.17) is 4.99 Å². The standard InChI is InChI=1S/C26H37N3S/c1-20-18-29(19-26(20,2)3)23-13-14-24(25(17-23)30-4)27-21-9-11-22(12-10-21)28-15-7-5-6-8-16-28/h9,11-14,17,20H,5-8,10,15-16,18-19H2,1-4H3. The number of aliphatic imine (C=N–C) groups is 1. The molecule has 0 amide bonds. The van der Waals surface area contributed by atoms with E-state index in [9.17, 15) is 0 Å². The summed E-state index contributed by atoms with van der Waals surface area (Å²) in [4.78, 5) is 11.4. The van der Waals surface area contributed by atoms with Gasteiger partial charge in [0.1, 0.15) is 0 Å². The number of benzene rings is 1. The minimum absolute atomic E-state index is 0.378. The van der Waals surface area contributed by atoms with Gasteiger partial charge in [-0.05, 0) is 60.8 Å². The van der Waals surface area contributed by atoms with E-state index in [0.29, 0.717) is 11.3 Å². The van der Waals surface area contributed by atoms with Crippen molar-refractivity contribution in [3.63, 3.8) is 0 Å². The van der Waals surface area contributed by atoms with Crippen LogP contribution in [-0.4, -0.2) is 43.0 Å². The Morgan fingerprint density at radius 3 is 2.40 bits per heavy atom. The molecule has 3 nitrogen and oxygen atoms in total. The summed E-state index contributed by atoms with van der Waals surface area (Å²) in [6.45, 7) is 11.8. The first-order valence-corrected chi connectivity index (χ1v) is 12.8. The highest BCUT2D eigenvalue weighted by Crippen LogP contribution is 2.40. The number of nitrogens with zero attached hydrogens (tertiary/aromatic N) is 3. The molecule has 2 heterocycles. The Balaban J connectivity index is 1.47. The van der Waals surface area contributed by atoms with Crippen LogP contribution in [0.1, 0.15) is 52.9 Å². The number of likely N-dealkylation sites (tertiary alicyclic amines) is 1. The molecule has 0 N–H and O–H groups in total. The van der Waals surface area contributed by atoms with Crippen molar-refractivity contribution in [2.24, 2.45) is 16.3 Å². The fraction of sp³-hybridized carbons (Fsp3) is 0.577. The maximum atomic E-state index is 5.03. The van der Waals surface area contributed by atoms with Gasteiger partial charge in [0.2, 0.25) is 0 Å². The van der Waals surface area contributed by atoms with Gasteiger partial charge in [0.15, 0.2) is 0 Å². The van der Waals surface area contributed by atoms with Crippen LogP contribution in [0.5, 0.6) is 0 Å². The molecular formula is C26H37N3S. The SMILES string of the molecule is CSc1cc(N2CC(C)C(C)(C)C2)ccc1N=C1C=CC(N2CCCCCC2)=CC1. The Morgan fingerprint density at radius 2 is 1.80 bits per heavy atom. The number of thioether (sulfide) groups is 1. The molecule has 4 heteroatoms. The average molecular weight is 424 g/mol. The first-order chi connectivity index (χ1) is 14.5. The second kappa shape index (κ2) is 9.21. The van der Waals surface area contributed by atoms with Gasteiger partial charge in [-0.1, -0.05) is 39.7 Å². The van der Waals surface area contributed by atoms with Gasteiger partial charge in [0, 0.05) is 54.6 Å². The van der Waals surface area contributed by atoms with E-state index in [1.165, 1.54) is 55.1 Å². The van der Waals surface area contributed by atoms with E-state index in [-0.39, 0.29) is 0 Å². The van der Waals surface area contributed by atoms with E-state index >= 15 is 0 Å². The second-order valence-electron chi connectivity index (χ2n) is 9.80. The van der Waals surface area contributed by atoms with Gasteiger partial charge >= 0.3 is 0 Å². The summed E-state index contributed by atoms with van der Waals surface area (Å²) in [6.07, 6.45) is 15.3. The second-order valence-corrected chi connectivity index (χ2v) is 10.6. The number of rotatable bonds is 4.